The third-order valence-corrected chi connectivity index (χ3v) is 7.24. The van der Waals surface area contributed by atoms with Crippen LogP contribution in [0.1, 0.15) is 54.1 Å². The number of nitrogens with zero attached hydrogens (tertiary/aromatic N) is 3. The normalized spacial score (nSPS) is 14.2. The molecule has 2 amide bonds. The summed E-state index contributed by atoms with van der Waals surface area (Å²) < 4.78 is 17.6. The van der Waals surface area contributed by atoms with Crippen molar-refractivity contribution in [2.45, 2.75) is 51.6 Å². The first-order chi connectivity index (χ1) is 22.5. The van der Waals surface area contributed by atoms with E-state index >= 15 is 0 Å². The third kappa shape index (κ3) is 9.31. The predicted molar refractivity (Wildman–Crippen MR) is 175 cm³/mol. The van der Waals surface area contributed by atoms with E-state index in [-0.39, 0.29) is 23.9 Å². The molecule has 4 aromatic rings. The highest BCUT2D eigenvalue weighted by Crippen LogP contribution is 2.27. The van der Waals surface area contributed by atoms with Gasteiger partial charge in [0.2, 0.25) is 17.8 Å². The quantitative estimate of drug-likeness (QED) is 0.225. The number of hydrogen-bond acceptors (Lipinski definition) is 10. The van der Waals surface area contributed by atoms with E-state index in [0.717, 1.165) is 42.6 Å². The fourth-order valence-electron chi connectivity index (χ4n) is 4.84. The van der Waals surface area contributed by atoms with Crippen molar-refractivity contribution in [3.05, 3.63) is 89.5 Å². The molecule has 6 bridgehead atoms. The van der Waals surface area contributed by atoms with E-state index in [1.165, 1.54) is 0 Å². The van der Waals surface area contributed by atoms with Gasteiger partial charge in [0.1, 0.15) is 17.5 Å². The number of nitrogens with one attached hydrogen (secondary N) is 3. The van der Waals surface area contributed by atoms with E-state index in [9.17, 15) is 9.59 Å². The van der Waals surface area contributed by atoms with Crippen molar-refractivity contribution in [1.82, 2.24) is 20.3 Å². The molecule has 1 atom stereocenters. The molecule has 6 rings (SSSR count). The Bertz CT molecular complexity index is 1600. The lowest BCUT2D eigenvalue weighted by Crippen LogP contribution is -2.45. The van der Waals surface area contributed by atoms with Gasteiger partial charge in [0, 0.05) is 24.7 Å². The minimum Gasteiger partial charge on any atom is -0.494 e. The number of fused-ring (bicyclic) bond motifs is 10. The second kappa shape index (κ2) is 16.1. The average molecular weight is 626 g/mol. The van der Waals surface area contributed by atoms with Crippen LogP contribution in [0.2, 0.25) is 0 Å². The minimum absolute atomic E-state index is 0.160. The van der Waals surface area contributed by atoms with Crippen LogP contribution in [0.5, 0.6) is 17.5 Å². The van der Waals surface area contributed by atoms with Gasteiger partial charge >= 0.3 is 6.01 Å². The largest absolute Gasteiger partial charge is 0.494 e. The van der Waals surface area contributed by atoms with E-state index in [0.29, 0.717) is 43.8 Å². The van der Waals surface area contributed by atoms with Gasteiger partial charge in [0.05, 0.1) is 25.4 Å². The maximum absolute atomic E-state index is 13.5. The number of carbonyl (C=O) groups excluding carboxylic acids is 2. The van der Waals surface area contributed by atoms with Crippen LogP contribution in [0.3, 0.4) is 0 Å². The maximum atomic E-state index is 13.5. The Labute approximate surface area is 268 Å². The van der Waals surface area contributed by atoms with Gasteiger partial charge in [-0.05, 0) is 68.0 Å². The highest BCUT2D eigenvalue weighted by Gasteiger charge is 2.22. The third-order valence-electron chi connectivity index (χ3n) is 7.24. The van der Waals surface area contributed by atoms with E-state index in [4.69, 9.17) is 19.9 Å². The number of anilines is 3. The number of ether oxygens (including phenoxy) is 3. The Morgan fingerprint density at radius 3 is 2.39 bits per heavy atom. The van der Waals surface area contributed by atoms with Crippen LogP contribution in [0.4, 0.5) is 17.6 Å². The van der Waals surface area contributed by atoms with Crippen LogP contribution >= 0.6 is 0 Å². The van der Waals surface area contributed by atoms with E-state index in [2.05, 4.69) is 30.9 Å². The van der Waals surface area contributed by atoms with Gasteiger partial charge in [0.15, 0.2) is 0 Å². The van der Waals surface area contributed by atoms with Gasteiger partial charge in [-0.15, -0.1) is 0 Å². The predicted octanol–water partition coefficient (Wildman–Crippen LogP) is 4.78. The molecule has 2 aliphatic heterocycles. The molecule has 0 spiro atoms. The highest BCUT2D eigenvalue weighted by atomic mass is 16.5. The molecule has 12 nitrogen and oxygen atoms in total. The lowest BCUT2D eigenvalue weighted by Gasteiger charge is -2.18. The molecule has 0 saturated heterocycles. The summed E-state index contributed by atoms with van der Waals surface area (Å²) in [7, 11) is 0. The average Bonchev–Trinajstić information content (AvgIpc) is 3.05. The Kier molecular flexibility index (Phi) is 11.2. The smallest absolute Gasteiger partial charge is 0.323 e. The van der Waals surface area contributed by atoms with E-state index in [1.807, 2.05) is 61.5 Å². The van der Waals surface area contributed by atoms with Gasteiger partial charge in [-0.2, -0.15) is 15.0 Å². The summed E-state index contributed by atoms with van der Waals surface area (Å²) in [6.07, 6.45) is 3.87. The number of amides is 2. The first kappa shape index (κ1) is 32.0. The Morgan fingerprint density at radius 1 is 0.913 bits per heavy atom. The molecule has 46 heavy (non-hydrogen) atoms. The zero-order valence-corrected chi connectivity index (χ0v) is 25.8. The summed E-state index contributed by atoms with van der Waals surface area (Å²) in [4.78, 5) is 39.1. The molecule has 12 heteroatoms. The standard InChI is InChI=1S/C34H39N7O5/c1-2-44-34-40-32-36-22-24-12-15-26(16-13-24)45-18-8-3-4-9-19-46-29-21-25(37-33(39-32)41-34)14-17-27(29)31(43)38-28(30(35)42)20-23-10-6-5-7-11-23/h5-7,10-17,21,28H,2-4,8-9,18-20,22H2,1H3,(H2,35,42)(H,38,43)(H2,36,37,39,40,41). The van der Waals surface area contributed by atoms with Gasteiger partial charge in [-0.1, -0.05) is 42.5 Å². The number of aromatic nitrogens is 3. The van der Waals surface area contributed by atoms with Crippen molar-refractivity contribution >= 4 is 29.4 Å². The molecule has 0 saturated carbocycles. The summed E-state index contributed by atoms with van der Waals surface area (Å²) in [5.41, 5.74) is 8.43. The van der Waals surface area contributed by atoms with E-state index in [1.54, 1.807) is 18.2 Å². The SMILES string of the molecule is CCOc1nc2nc(n1)Nc1ccc(C(=O)NC(Cc3ccccc3)C(N)=O)c(c1)OCCCCCCOc1ccc(cc1)CN2. The van der Waals surface area contributed by atoms with Crippen molar-refractivity contribution in [3.63, 3.8) is 0 Å². The molecule has 0 radical (unpaired) electrons. The molecule has 0 fully saturated rings. The van der Waals surface area contributed by atoms with Crippen LogP contribution in [0, 0.1) is 0 Å². The second-order valence-electron chi connectivity index (χ2n) is 10.8. The molecule has 240 valence electrons. The van der Waals surface area contributed by atoms with E-state index < -0.39 is 17.9 Å². The molecule has 3 aromatic carbocycles. The van der Waals surface area contributed by atoms with Gasteiger partial charge in [-0.3, -0.25) is 9.59 Å². The zero-order chi connectivity index (χ0) is 32.1. The summed E-state index contributed by atoms with van der Waals surface area (Å²) in [5, 5.41) is 9.20. The van der Waals surface area contributed by atoms with Gasteiger partial charge in [0.25, 0.3) is 5.91 Å². The second-order valence-corrected chi connectivity index (χ2v) is 10.8. The molecule has 1 aromatic heterocycles. The van der Waals surface area contributed by atoms with Crippen LogP contribution in [0.15, 0.2) is 72.8 Å². The van der Waals surface area contributed by atoms with Crippen molar-refractivity contribution in [2.75, 3.05) is 30.5 Å². The number of nitrogens with two attached hydrogens (primary N) is 1. The molecule has 3 heterocycles. The first-order valence-electron chi connectivity index (χ1n) is 15.5. The number of primary amides is 1. The summed E-state index contributed by atoms with van der Waals surface area (Å²) >= 11 is 0. The number of rotatable bonds is 7. The Hall–Kier alpha value is -5.39. The number of benzene rings is 3. The maximum Gasteiger partial charge on any atom is 0.323 e. The van der Waals surface area contributed by atoms with Crippen molar-refractivity contribution in [1.29, 1.82) is 0 Å². The molecular formula is C34H39N7O5. The Balaban J connectivity index is 1.40. The van der Waals surface area contributed by atoms with Gasteiger partial charge in [-0.25, -0.2) is 0 Å². The lowest BCUT2D eigenvalue weighted by molar-refractivity contribution is -0.119. The molecule has 2 aliphatic rings. The fraction of sp³-hybridized carbons (Fsp3) is 0.324. The van der Waals surface area contributed by atoms with Crippen LogP contribution < -0.4 is 35.9 Å². The van der Waals surface area contributed by atoms with Crippen LogP contribution in [-0.2, 0) is 17.8 Å². The van der Waals surface area contributed by atoms with Crippen LogP contribution in [0.25, 0.3) is 0 Å². The van der Waals surface area contributed by atoms with Gasteiger partial charge < -0.3 is 35.9 Å². The summed E-state index contributed by atoms with van der Waals surface area (Å²) in [6, 6.07) is 21.6. The van der Waals surface area contributed by atoms with Crippen molar-refractivity contribution < 1.29 is 23.8 Å². The molecule has 5 N–H and O–H groups in total. The molecule has 1 unspecified atom stereocenters. The topological polar surface area (TPSA) is 163 Å². The summed E-state index contributed by atoms with van der Waals surface area (Å²) in [6.45, 7) is 3.72. The number of carbonyl (C=O) groups is 2. The molecular weight excluding hydrogens is 586 g/mol. The monoisotopic (exact) mass is 625 g/mol. The lowest BCUT2D eigenvalue weighted by atomic mass is 10.0. The number of hydrogen-bond donors (Lipinski definition) is 4. The van der Waals surface area contributed by atoms with Crippen molar-refractivity contribution in [2.24, 2.45) is 5.73 Å². The minimum atomic E-state index is -0.899. The van der Waals surface area contributed by atoms with Crippen molar-refractivity contribution in [3.8, 4) is 17.5 Å². The summed E-state index contributed by atoms with van der Waals surface area (Å²) in [5.74, 6) is 0.638. The highest BCUT2D eigenvalue weighted by molar-refractivity contribution is 6.00. The molecule has 0 aliphatic carbocycles. The Morgan fingerprint density at radius 2 is 1.65 bits per heavy atom. The fourth-order valence-corrected chi connectivity index (χ4v) is 4.84. The first-order valence-corrected chi connectivity index (χ1v) is 15.5. The van der Waals surface area contributed by atoms with Crippen LogP contribution in [-0.4, -0.2) is 52.6 Å². The zero-order valence-electron chi connectivity index (χ0n) is 25.8.